The molecule has 10 heteroatoms. The maximum Gasteiger partial charge on any atom is 0.262 e. The summed E-state index contributed by atoms with van der Waals surface area (Å²) in [6, 6.07) is 7.55. The Kier molecular flexibility index (Phi) is 5.87. The number of rotatable bonds is 7. The summed E-state index contributed by atoms with van der Waals surface area (Å²) in [5.74, 6) is 1.10. The summed E-state index contributed by atoms with van der Waals surface area (Å²) in [4.78, 5) is 30.6. The van der Waals surface area contributed by atoms with E-state index < -0.39 is 0 Å². The van der Waals surface area contributed by atoms with Gasteiger partial charge in [-0.05, 0) is 18.6 Å². The molecule has 0 atom stereocenters. The minimum absolute atomic E-state index is 0.0353. The average Bonchev–Trinajstić information content (AvgIpc) is 3.39. The van der Waals surface area contributed by atoms with Crippen LogP contribution >= 0.6 is 23.1 Å². The quantitative estimate of drug-likeness (QED) is 0.407. The van der Waals surface area contributed by atoms with Crippen LogP contribution in [0.2, 0.25) is 0 Å². The number of benzene rings is 1. The number of unbranched alkanes of at least 4 members (excludes halogenated alkanes) is 1. The SMILES string of the molecule is CCCCn1c(=O)c2ccccc2n2c(SCc3csc(N(C)C(C)=O)n3)nnc12. The van der Waals surface area contributed by atoms with Gasteiger partial charge in [-0.2, -0.15) is 0 Å². The molecule has 0 spiro atoms. The number of carbonyl (C=O) groups excluding carboxylic acids is 1. The fourth-order valence-corrected chi connectivity index (χ4v) is 4.91. The van der Waals surface area contributed by atoms with Gasteiger partial charge in [0.25, 0.3) is 5.56 Å². The number of carbonyl (C=O) groups is 1. The Hall–Kier alpha value is -2.72. The van der Waals surface area contributed by atoms with Gasteiger partial charge in [-0.1, -0.05) is 37.2 Å². The van der Waals surface area contributed by atoms with Gasteiger partial charge in [0.05, 0.1) is 16.6 Å². The van der Waals surface area contributed by atoms with Crippen molar-refractivity contribution >= 4 is 50.8 Å². The van der Waals surface area contributed by atoms with Crippen molar-refractivity contribution < 1.29 is 4.79 Å². The van der Waals surface area contributed by atoms with Crippen molar-refractivity contribution in [3.8, 4) is 0 Å². The van der Waals surface area contributed by atoms with Crippen molar-refractivity contribution in [3.05, 3.63) is 45.7 Å². The first kappa shape index (κ1) is 20.5. The van der Waals surface area contributed by atoms with Crippen LogP contribution in [0.4, 0.5) is 5.13 Å². The van der Waals surface area contributed by atoms with E-state index in [1.54, 1.807) is 11.6 Å². The summed E-state index contributed by atoms with van der Waals surface area (Å²) in [5.41, 5.74) is 1.63. The molecule has 4 rings (SSSR count). The van der Waals surface area contributed by atoms with E-state index >= 15 is 0 Å². The zero-order chi connectivity index (χ0) is 21.3. The van der Waals surface area contributed by atoms with E-state index in [9.17, 15) is 9.59 Å². The molecular weight excluding hydrogens is 420 g/mol. The molecule has 3 heterocycles. The molecule has 0 aliphatic heterocycles. The molecule has 8 nitrogen and oxygen atoms in total. The highest BCUT2D eigenvalue weighted by Gasteiger charge is 2.17. The molecule has 3 aromatic heterocycles. The highest BCUT2D eigenvalue weighted by atomic mass is 32.2. The van der Waals surface area contributed by atoms with Crippen molar-refractivity contribution in [2.24, 2.45) is 0 Å². The zero-order valence-electron chi connectivity index (χ0n) is 17.0. The minimum atomic E-state index is -0.0523. The van der Waals surface area contributed by atoms with Crippen LogP contribution in [0.15, 0.2) is 39.6 Å². The van der Waals surface area contributed by atoms with Crippen LogP contribution in [0.5, 0.6) is 0 Å². The molecule has 0 bridgehead atoms. The van der Waals surface area contributed by atoms with Gasteiger partial charge in [0.1, 0.15) is 0 Å². The lowest BCUT2D eigenvalue weighted by atomic mass is 10.2. The number of hydrogen-bond donors (Lipinski definition) is 0. The predicted molar refractivity (Wildman–Crippen MR) is 120 cm³/mol. The standard InChI is InChI=1S/C20H22N6O2S2/c1-4-5-10-25-17(28)15-8-6-7-9-16(15)26-18(25)22-23-20(26)30-12-14-11-29-19(21-14)24(3)13(2)27/h6-9,11H,4-5,10,12H2,1-3H3. The molecule has 0 radical (unpaired) electrons. The molecule has 0 aliphatic rings. The third-order valence-corrected chi connectivity index (χ3v) is 6.79. The van der Waals surface area contributed by atoms with Gasteiger partial charge in [0.2, 0.25) is 11.7 Å². The van der Waals surface area contributed by atoms with E-state index in [1.165, 1.54) is 34.9 Å². The number of thiazole rings is 1. The average molecular weight is 443 g/mol. The lowest BCUT2D eigenvalue weighted by Crippen LogP contribution is -2.23. The van der Waals surface area contributed by atoms with Crippen LogP contribution in [0.25, 0.3) is 16.7 Å². The summed E-state index contributed by atoms with van der Waals surface area (Å²) >= 11 is 2.95. The number of anilines is 1. The largest absolute Gasteiger partial charge is 0.292 e. The zero-order valence-corrected chi connectivity index (χ0v) is 18.7. The van der Waals surface area contributed by atoms with E-state index in [0.717, 1.165) is 24.1 Å². The molecular formula is C20H22N6O2S2. The van der Waals surface area contributed by atoms with Crippen molar-refractivity contribution in [2.75, 3.05) is 11.9 Å². The first-order valence-electron chi connectivity index (χ1n) is 9.69. The number of amides is 1. The Morgan fingerprint density at radius 2 is 2.07 bits per heavy atom. The van der Waals surface area contributed by atoms with Gasteiger partial charge >= 0.3 is 0 Å². The summed E-state index contributed by atoms with van der Waals surface area (Å²) in [5, 5.41) is 12.7. The van der Waals surface area contributed by atoms with Crippen LogP contribution in [-0.4, -0.2) is 37.1 Å². The molecule has 0 aliphatic carbocycles. The molecule has 4 aromatic rings. The van der Waals surface area contributed by atoms with Crippen LogP contribution in [0.3, 0.4) is 0 Å². The minimum Gasteiger partial charge on any atom is -0.292 e. The molecule has 0 fully saturated rings. The number of para-hydroxylation sites is 1. The molecule has 1 aromatic carbocycles. The van der Waals surface area contributed by atoms with Crippen LogP contribution in [0.1, 0.15) is 32.4 Å². The smallest absolute Gasteiger partial charge is 0.262 e. The molecule has 0 saturated heterocycles. The van der Waals surface area contributed by atoms with E-state index in [2.05, 4.69) is 22.1 Å². The Labute approximate surface area is 181 Å². The van der Waals surface area contributed by atoms with Gasteiger partial charge in [-0.3, -0.25) is 23.5 Å². The fraction of sp³-hybridized carbons (Fsp3) is 0.350. The maximum atomic E-state index is 13.0. The van der Waals surface area contributed by atoms with Crippen molar-refractivity contribution in [2.45, 2.75) is 44.1 Å². The third-order valence-electron chi connectivity index (χ3n) is 4.86. The third kappa shape index (κ3) is 3.72. The molecule has 30 heavy (non-hydrogen) atoms. The molecule has 0 saturated carbocycles. The van der Waals surface area contributed by atoms with E-state index in [-0.39, 0.29) is 11.5 Å². The van der Waals surface area contributed by atoms with Gasteiger partial charge < -0.3 is 0 Å². The Morgan fingerprint density at radius 1 is 1.27 bits per heavy atom. The van der Waals surface area contributed by atoms with Crippen LogP contribution < -0.4 is 10.5 Å². The van der Waals surface area contributed by atoms with Crippen molar-refractivity contribution in [1.82, 2.24) is 24.1 Å². The number of nitrogens with zero attached hydrogens (tertiary/aromatic N) is 6. The second-order valence-corrected chi connectivity index (χ2v) is 8.71. The monoisotopic (exact) mass is 442 g/mol. The first-order valence-corrected chi connectivity index (χ1v) is 11.6. The highest BCUT2D eigenvalue weighted by Crippen LogP contribution is 2.27. The lowest BCUT2D eigenvalue weighted by Gasteiger charge is -2.10. The summed E-state index contributed by atoms with van der Waals surface area (Å²) in [7, 11) is 1.71. The van der Waals surface area contributed by atoms with Gasteiger partial charge in [-0.15, -0.1) is 21.5 Å². The summed E-state index contributed by atoms with van der Waals surface area (Å²) in [6.45, 7) is 4.22. The normalized spacial score (nSPS) is 11.4. The second kappa shape index (κ2) is 8.57. The fourth-order valence-electron chi connectivity index (χ4n) is 3.13. The number of aromatic nitrogens is 5. The number of hydrogen-bond acceptors (Lipinski definition) is 7. The molecule has 1 amide bonds. The van der Waals surface area contributed by atoms with E-state index in [4.69, 9.17) is 0 Å². The summed E-state index contributed by atoms with van der Waals surface area (Å²) in [6.07, 6.45) is 1.89. The van der Waals surface area contributed by atoms with Crippen LogP contribution in [0, 0.1) is 0 Å². The van der Waals surface area contributed by atoms with Gasteiger partial charge in [0, 0.05) is 31.6 Å². The Morgan fingerprint density at radius 3 is 2.83 bits per heavy atom. The highest BCUT2D eigenvalue weighted by molar-refractivity contribution is 7.98. The van der Waals surface area contributed by atoms with E-state index in [0.29, 0.717) is 33.7 Å². The first-order chi connectivity index (χ1) is 14.5. The number of fused-ring (bicyclic) bond motifs is 3. The molecule has 0 N–H and O–H groups in total. The lowest BCUT2D eigenvalue weighted by molar-refractivity contribution is -0.116. The molecule has 0 unspecified atom stereocenters. The Bertz CT molecular complexity index is 1280. The second-order valence-electron chi connectivity index (χ2n) is 6.93. The van der Waals surface area contributed by atoms with Crippen LogP contribution in [-0.2, 0) is 17.1 Å². The van der Waals surface area contributed by atoms with Crippen molar-refractivity contribution in [1.29, 1.82) is 0 Å². The maximum absolute atomic E-state index is 13.0. The van der Waals surface area contributed by atoms with Crippen molar-refractivity contribution in [3.63, 3.8) is 0 Å². The topological polar surface area (TPSA) is 85.4 Å². The molecule has 156 valence electrons. The van der Waals surface area contributed by atoms with Gasteiger partial charge in [-0.25, -0.2) is 4.98 Å². The summed E-state index contributed by atoms with van der Waals surface area (Å²) < 4.78 is 3.66. The van der Waals surface area contributed by atoms with Gasteiger partial charge in [0.15, 0.2) is 10.3 Å². The predicted octanol–water partition coefficient (Wildman–Crippen LogP) is 3.58. The van der Waals surface area contributed by atoms with E-state index in [1.807, 2.05) is 34.0 Å². The number of thioether (sulfide) groups is 1. The Balaban J connectivity index is 1.71. The number of aryl methyl sites for hydroxylation is 1.